The average molecular weight is 241 g/mol. The zero-order valence-electron chi connectivity index (χ0n) is 10.8. The van der Waals surface area contributed by atoms with E-state index in [0.717, 1.165) is 12.2 Å². The van der Waals surface area contributed by atoms with Gasteiger partial charge in [-0.3, -0.25) is 0 Å². The molecular weight excluding hydrogens is 222 g/mol. The molecule has 1 aromatic heterocycles. The second kappa shape index (κ2) is 4.94. The minimum absolute atomic E-state index is 0.821. The molecule has 0 saturated carbocycles. The molecule has 0 fully saturated rings. The van der Waals surface area contributed by atoms with E-state index in [1.807, 2.05) is 13.4 Å². The Bertz CT molecular complexity index is 542. The van der Waals surface area contributed by atoms with E-state index in [1.54, 1.807) is 0 Å². The van der Waals surface area contributed by atoms with Crippen LogP contribution in [0.2, 0.25) is 0 Å². The number of nitrogens with zero attached hydrogens (tertiary/aromatic N) is 2. The molecule has 1 aliphatic carbocycles. The summed E-state index contributed by atoms with van der Waals surface area (Å²) in [6.07, 6.45) is 9.11. The summed E-state index contributed by atoms with van der Waals surface area (Å²) in [5.74, 6) is 0. The second-order valence-corrected chi connectivity index (χ2v) is 4.92. The summed E-state index contributed by atoms with van der Waals surface area (Å²) in [6, 6.07) is 6.63. The second-order valence-electron chi connectivity index (χ2n) is 4.92. The van der Waals surface area contributed by atoms with Gasteiger partial charge in [-0.25, -0.2) is 4.98 Å². The van der Waals surface area contributed by atoms with Crippen LogP contribution < -0.4 is 5.32 Å². The molecule has 0 radical (unpaired) electrons. The fraction of sp³-hybridized carbons (Fsp3) is 0.400. The summed E-state index contributed by atoms with van der Waals surface area (Å²) >= 11 is 0. The Labute approximate surface area is 108 Å². The molecule has 0 unspecified atom stereocenters. The van der Waals surface area contributed by atoms with E-state index >= 15 is 0 Å². The summed E-state index contributed by atoms with van der Waals surface area (Å²) in [4.78, 5) is 4.43. The Morgan fingerprint density at radius 3 is 3.06 bits per heavy atom. The van der Waals surface area contributed by atoms with Gasteiger partial charge in [-0.2, -0.15) is 0 Å². The van der Waals surface area contributed by atoms with Crippen molar-refractivity contribution in [1.29, 1.82) is 0 Å². The van der Waals surface area contributed by atoms with Crippen LogP contribution in [0.15, 0.2) is 30.7 Å². The lowest BCUT2D eigenvalue weighted by molar-refractivity contribution is 0.681. The van der Waals surface area contributed by atoms with Crippen molar-refractivity contribution < 1.29 is 0 Å². The van der Waals surface area contributed by atoms with E-state index in [-0.39, 0.29) is 0 Å². The number of benzene rings is 1. The van der Waals surface area contributed by atoms with Crippen LogP contribution in [0.3, 0.4) is 0 Å². The van der Waals surface area contributed by atoms with E-state index in [4.69, 9.17) is 0 Å². The number of imidazole rings is 1. The van der Waals surface area contributed by atoms with Gasteiger partial charge in [-0.15, -0.1) is 0 Å². The Kier molecular flexibility index (Phi) is 3.15. The van der Waals surface area contributed by atoms with Crippen LogP contribution in [0.5, 0.6) is 0 Å². The molecule has 2 aromatic rings. The Balaban J connectivity index is 2.00. The molecule has 0 spiro atoms. The molecule has 1 aliphatic rings. The predicted molar refractivity (Wildman–Crippen MR) is 73.0 cm³/mol. The molecule has 1 heterocycles. The fourth-order valence-electron chi connectivity index (χ4n) is 2.77. The monoisotopic (exact) mass is 241 g/mol. The zero-order chi connectivity index (χ0) is 12.4. The first-order chi connectivity index (χ1) is 8.88. The van der Waals surface area contributed by atoms with Crippen molar-refractivity contribution in [2.45, 2.75) is 32.2 Å². The average Bonchev–Trinajstić information content (AvgIpc) is 2.87. The highest BCUT2D eigenvalue weighted by Gasteiger charge is 2.14. The summed E-state index contributed by atoms with van der Waals surface area (Å²) in [5, 5.41) is 3.14. The van der Waals surface area contributed by atoms with E-state index in [2.05, 4.69) is 39.3 Å². The molecule has 0 saturated heterocycles. The number of rotatable bonds is 3. The lowest BCUT2D eigenvalue weighted by Crippen LogP contribution is -2.07. The van der Waals surface area contributed by atoms with Crippen molar-refractivity contribution >= 4 is 0 Å². The number of hydrogen-bond acceptors (Lipinski definition) is 2. The molecule has 3 heteroatoms. The summed E-state index contributed by atoms with van der Waals surface area (Å²) in [7, 11) is 1.95. The highest BCUT2D eigenvalue weighted by Crippen LogP contribution is 2.26. The van der Waals surface area contributed by atoms with Crippen molar-refractivity contribution in [2.75, 3.05) is 7.05 Å². The molecule has 0 amide bonds. The van der Waals surface area contributed by atoms with Gasteiger partial charge in [0.15, 0.2) is 0 Å². The smallest absolute Gasteiger partial charge is 0.0995 e. The lowest BCUT2D eigenvalue weighted by Gasteiger charge is -2.19. The Hall–Kier alpha value is -1.61. The van der Waals surface area contributed by atoms with Crippen LogP contribution in [0.25, 0.3) is 5.69 Å². The Morgan fingerprint density at radius 1 is 1.28 bits per heavy atom. The minimum atomic E-state index is 0.821. The highest BCUT2D eigenvalue weighted by molar-refractivity contribution is 5.47. The number of aryl methyl sites for hydroxylation is 1. The van der Waals surface area contributed by atoms with Gasteiger partial charge in [0.1, 0.15) is 0 Å². The largest absolute Gasteiger partial charge is 0.314 e. The van der Waals surface area contributed by atoms with E-state index < -0.39 is 0 Å². The van der Waals surface area contributed by atoms with Gasteiger partial charge in [-0.1, -0.05) is 12.1 Å². The number of fused-ring (bicyclic) bond motifs is 1. The molecule has 18 heavy (non-hydrogen) atoms. The minimum Gasteiger partial charge on any atom is -0.314 e. The van der Waals surface area contributed by atoms with Crippen molar-refractivity contribution in [2.24, 2.45) is 0 Å². The highest BCUT2D eigenvalue weighted by atomic mass is 15.0. The SMILES string of the molecule is CNCc1cn(-c2cccc3c2CCCC3)cn1. The van der Waals surface area contributed by atoms with Gasteiger partial charge in [0.25, 0.3) is 0 Å². The van der Waals surface area contributed by atoms with Crippen LogP contribution in [0.1, 0.15) is 29.7 Å². The number of nitrogens with one attached hydrogen (secondary N) is 1. The van der Waals surface area contributed by atoms with Crippen LogP contribution >= 0.6 is 0 Å². The van der Waals surface area contributed by atoms with E-state index in [9.17, 15) is 0 Å². The molecule has 1 aromatic carbocycles. The van der Waals surface area contributed by atoms with Gasteiger partial charge in [0.05, 0.1) is 12.0 Å². The number of hydrogen-bond donors (Lipinski definition) is 1. The molecule has 3 rings (SSSR count). The van der Waals surface area contributed by atoms with Crippen molar-refractivity contribution in [1.82, 2.24) is 14.9 Å². The predicted octanol–water partition coefficient (Wildman–Crippen LogP) is 2.47. The molecule has 94 valence electrons. The molecule has 0 bridgehead atoms. The summed E-state index contributed by atoms with van der Waals surface area (Å²) < 4.78 is 2.16. The van der Waals surface area contributed by atoms with Crippen LogP contribution in [-0.4, -0.2) is 16.6 Å². The van der Waals surface area contributed by atoms with Crippen LogP contribution in [0, 0.1) is 0 Å². The molecule has 3 nitrogen and oxygen atoms in total. The fourth-order valence-corrected chi connectivity index (χ4v) is 2.77. The standard InChI is InChI=1S/C15H19N3/c1-16-9-13-10-18(11-17-13)15-8-4-6-12-5-2-3-7-14(12)15/h4,6,8,10-11,16H,2-3,5,7,9H2,1H3. The van der Waals surface area contributed by atoms with Crippen molar-refractivity contribution in [3.05, 3.63) is 47.5 Å². The molecule has 1 N–H and O–H groups in total. The summed E-state index contributed by atoms with van der Waals surface area (Å²) in [6.45, 7) is 0.821. The van der Waals surface area contributed by atoms with Gasteiger partial charge >= 0.3 is 0 Å². The first-order valence-corrected chi connectivity index (χ1v) is 6.67. The maximum Gasteiger partial charge on any atom is 0.0995 e. The first kappa shape index (κ1) is 11.5. The van der Waals surface area contributed by atoms with Gasteiger partial charge in [-0.05, 0) is 49.9 Å². The van der Waals surface area contributed by atoms with Crippen molar-refractivity contribution in [3.8, 4) is 5.69 Å². The molecule has 0 atom stereocenters. The Morgan fingerprint density at radius 2 is 2.17 bits per heavy atom. The van der Waals surface area contributed by atoms with Crippen molar-refractivity contribution in [3.63, 3.8) is 0 Å². The first-order valence-electron chi connectivity index (χ1n) is 6.67. The molecule has 0 aliphatic heterocycles. The third-order valence-corrected chi connectivity index (χ3v) is 3.64. The van der Waals surface area contributed by atoms with Gasteiger partial charge in [0.2, 0.25) is 0 Å². The third kappa shape index (κ3) is 2.06. The van der Waals surface area contributed by atoms with Crippen LogP contribution in [0.4, 0.5) is 0 Å². The van der Waals surface area contributed by atoms with E-state index in [1.165, 1.54) is 42.5 Å². The maximum atomic E-state index is 4.43. The van der Waals surface area contributed by atoms with Gasteiger partial charge < -0.3 is 9.88 Å². The summed E-state index contributed by atoms with van der Waals surface area (Å²) in [5.41, 5.74) is 5.42. The lowest BCUT2D eigenvalue weighted by atomic mass is 9.90. The number of aromatic nitrogens is 2. The van der Waals surface area contributed by atoms with Gasteiger partial charge in [0, 0.05) is 18.4 Å². The topological polar surface area (TPSA) is 29.9 Å². The third-order valence-electron chi connectivity index (χ3n) is 3.64. The maximum absolute atomic E-state index is 4.43. The normalized spacial score (nSPS) is 14.5. The van der Waals surface area contributed by atoms with E-state index in [0.29, 0.717) is 0 Å². The zero-order valence-corrected chi connectivity index (χ0v) is 10.8. The quantitative estimate of drug-likeness (QED) is 0.894. The van der Waals surface area contributed by atoms with Crippen LogP contribution in [-0.2, 0) is 19.4 Å². The molecular formula is C15H19N3.